The van der Waals surface area contributed by atoms with Crippen molar-refractivity contribution >= 4 is 61.3 Å². The molecule has 0 radical (unpaired) electrons. The van der Waals surface area contributed by atoms with E-state index in [1.54, 1.807) is 27.8 Å². The average molecular weight is 849 g/mol. The Hall–Kier alpha value is -5.21. The first kappa shape index (κ1) is 44.3. The van der Waals surface area contributed by atoms with Crippen molar-refractivity contribution in [2.45, 2.75) is 116 Å². The fraction of sp³-hybridized carbons (Fsp3) is 0.413. The van der Waals surface area contributed by atoms with E-state index in [-0.39, 0.29) is 35.5 Å². The molecule has 0 spiro atoms. The molecule has 0 saturated heterocycles. The van der Waals surface area contributed by atoms with Crippen LogP contribution in [0.4, 0.5) is 4.79 Å². The lowest BCUT2D eigenvalue weighted by molar-refractivity contribution is -0.122. The molecule has 60 heavy (non-hydrogen) atoms. The average Bonchev–Trinajstić information content (AvgIpc) is 3.83. The van der Waals surface area contributed by atoms with Gasteiger partial charge in [0.25, 0.3) is 0 Å². The Bertz CT molecular complexity index is 2390. The van der Waals surface area contributed by atoms with Gasteiger partial charge in [-0.25, -0.2) is 14.5 Å². The molecule has 0 saturated carbocycles. The van der Waals surface area contributed by atoms with Gasteiger partial charge < -0.3 is 19.9 Å². The zero-order chi connectivity index (χ0) is 42.6. The minimum atomic E-state index is -0.474. The van der Waals surface area contributed by atoms with Crippen molar-refractivity contribution in [2.75, 3.05) is 6.54 Å². The summed E-state index contributed by atoms with van der Waals surface area (Å²) in [6, 6.07) is 24.5. The molecule has 2 amide bonds. The number of ether oxygens (including phenoxy) is 1. The van der Waals surface area contributed by atoms with E-state index >= 15 is 0 Å². The van der Waals surface area contributed by atoms with Crippen LogP contribution in [0.3, 0.4) is 0 Å². The summed E-state index contributed by atoms with van der Waals surface area (Å²) in [5.41, 5.74) is 7.72. The highest BCUT2D eigenvalue weighted by atomic mass is 33.1. The Morgan fingerprint density at radius 2 is 1.63 bits per heavy atom. The van der Waals surface area contributed by atoms with E-state index < -0.39 is 6.09 Å². The van der Waals surface area contributed by atoms with Crippen LogP contribution in [0.2, 0.25) is 0 Å². The number of benzene rings is 3. The number of imidazole rings is 1. The number of aromatic nitrogens is 6. The molecule has 3 heterocycles. The van der Waals surface area contributed by atoms with Gasteiger partial charge in [-0.15, -0.1) is 5.10 Å². The summed E-state index contributed by atoms with van der Waals surface area (Å²) >= 11 is 0. The number of rotatable bonds is 20. The number of ketones is 1. The molecule has 1 unspecified atom stereocenters. The third-order valence-corrected chi connectivity index (χ3v) is 12.8. The molecule has 12 nitrogen and oxygen atoms in total. The van der Waals surface area contributed by atoms with Crippen LogP contribution in [0.1, 0.15) is 94.2 Å². The summed E-state index contributed by atoms with van der Waals surface area (Å²) in [4.78, 5) is 48.3. The van der Waals surface area contributed by atoms with E-state index in [1.165, 1.54) is 4.68 Å². The lowest BCUT2D eigenvalue weighted by Crippen LogP contribution is -2.32. The fourth-order valence-electron chi connectivity index (χ4n) is 6.80. The third kappa shape index (κ3) is 12.9. The standard InChI is InChI=1S/C46H56N8O4S2/c1-7-8-13-41-50-43-32(3)49-40-12-10-9-11-39(40)44(43)54(41)27-34-16-14-33(15-17-34)26-48-45(57)58-30-35-18-22-38(23-19-35)60-59-31(2)25-47-42(56)29-53-28-36(51-52-53)20-21-37(55)24-46(4,5)6/h9-12,14-19,22-23,28,31H,7-8,13,20-21,24-27,29-30H2,1-6H3,(H,47,56)(H,48,57). The van der Waals surface area contributed by atoms with E-state index in [9.17, 15) is 14.4 Å². The van der Waals surface area contributed by atoms with Gasteiger partial charge in [-0.1, -0.05) is 122 Å². The van der Waals surface area contributed by atoms with Crippen molar-refractivity contribution in [3.8, 4) is 0 Å². The van der Waals surface area contributed by atoms with Gasteiger partial charge in [0.2, 0.25) is 5.91 Å². The Morgan fingerprint density at radius 1 is 0.900 bits per heavy atom. The number of alkyl carbamates (subject to hydrolysis) is 1. The van der Waals surface area contributed by atoms with E-state index in [0.717, 1.165) is 74.3 Å². The van der Waals surface area contributed by atoms with Crippen LogP contribution in [0.15, 0.2) is 83.9 Å². The second-order valence-corrected chi connectivity index (χ2v) is 19.2. The van der Waals surface area contributed by atoms with Gasteiger partial charge in [-0.3, -0.25) is 14.6 Å². The van der Waals surface area contributed by atoms with Crippen LogP contribution < -0.4 is 10.6 Å². The van der Waals surface area contributed by atoms with Crippen LogP contribution >= 0.6 is 21.6 Å². The Kier molecular flexibility index (Phi) is 15.4. The Morgan fingerprint density at radius 3 is 2.38 bits per heavy atom. The van der Waals surface area contributed by atoms with Crippen LogP contribution in [0, 0.1) is 12.3 Å². The fourth-order valence-corrected chi connectivity index (χ4v) is 8.83. The number of nitrogens with zero attached hydrogens (tertiary/aromatic N) is 6. The number of hydrogen-bond acceptors (Lipinski definition) is 10. The summed E-state index contributed by atoms with van der Waals surface area (Å²) in [7, 11) is 3.29. The number of para-hydroxylation sites is 1. The summed E-state index contributed by atoms with van der Waals surface area (Å²) in [5, 5.41) is 15.3. The van der Waals surface area contributed by atoms with Crippen LogP contribution in [-0.2, 0) is 53.4 Å². The molecule has 2 N–H and O–H groups in total. The molecule has 0 aliphatic rings. The number of carbonyl (C=O) groups is 3. The lowest BCUT2D eigenvalue weighted by Gasteiger charge is -2.16. The first-order valence-corrected chi connectivity index (χ1v) is 22.9. The highest BCUT2D eigenvalue weighted by molar-refractivity contribution is 8.76. The Labute approximate surface area is 360 Å². The second-order valence-electron chi connectivity index (χ2n) is 16.5. The summed E-state index contributed by atoms with van der Waals surface area (Å²) in [5.74, 6) is 1.14. The zero-order valence-electron chi connectivity index (χ0n) is 35.5. The molecule has 3 aromatic carbocycles. The van der Waals surface area contributed by atoms with Gasteiger partial charge >= 0.3 is 6.09 Å². The molecule has 0 bridgehead atoms. The van der Waals surface area contributed by atoms with E-state index in [2.05, 4.69) is 69.7 Å². The maximum absolute atomic E-state index is 12.6. The minimum absolute atomic E-state index is 0.0344. The second kappa shape index (κ2) is 20.9. The van der Waals surface area contributed by atoms with Gasteiger partial charge in [-0.05, 0) is 60.1 Å². The number of pyridine rings is 1. The van der Waals surface area contributed by atoms with Gasteiger partial charge in [0.1, 0.15) is 30.3 Å². The highest BCUT2D eigenvalue weighted by Crippen LogP contribution is 2.34. The molecule has 14 heteroatoms. The van der Waals surface area contributed by atoms with Crippen LogP contribution in [0.25, 0.3) is 21.9 Å². The summed E-state index contributed by atoms with van der Waals surface area (Å²) in [6.45, 7) is 14.2. The van der Waals surface area contributed by atoms with Crippen molar-refractivity contribution in [3.63, 3.8) is 0 Å². The summed E-state index contributed by atoms with van der Waals surface area (Å²) in [6.07, 6.45) is 5.80. The maximum atomic E-state index is 12.6. The van der Waals surface area contributed by atoms with Crippen LogP contribution in [-0.4, -0.2) is 59.1 Å². The van der Waals surface area contributed by atoms with E-state index in [1.807, 2.05) is 70.2 Å². The van der Waals surface area contributed by atoms with Crippen molar-refractivity contribution in [3.05, 3.63) is 113 Å². The molecule has 6 rings (SSSR count). The monoisotopic (exact) mass is 848 g/mol. The number of fused-ring (bicyclic) bond motifs is 3. The van der Waals surface area contributed by atoms with Gasteiger partial charge in [-0.2, -0.15) is 0 Å². The minimum Gasteiger partial charge on any atom is -0.445 e. The first-order chi connectivity index (χ1) is 28.8. The van der Waals surface area contributed by atoms with E-state index in [4.69, 9.17) is 14.7 Å². The number of Topliss-reactive ketones (excluding diaryl/α,β-unsaturated/α-hetero) is 1. The van der Waals surface area contributed by atoms with E-state index in [0.29, 0.717) is 44.6 Å². The number of hydrogen-bond donors (Lipinski definition) is 2. The predicted molar refractivity (Wildman–Crippen MR) is 241 cm³/mol. The lowest BCUT2D eigenvalue weighted by atomic mass is 9.88. The molecule has 1 atom stereocenters. The predicted octanol–water partition coefficient (Wildman–Crippen LogP) is 9.18. The largest absolute Gasteiger partial charge is 0.445 e. The first-order valence-electron chi connectivity index (χ1n) is 20.7. The quantitative estimate of drug-likeness (QED) is 0.0714. The van der Waals surface area contributed by atoms with Gasteiger partial charge in [0.05, 0.1) is 22.4 Å². The number of carbonyl (C=O) groups excluding carboxylic acids is 3. The van der Waals surface area contributed by atoms with Crippen molar-refractivity contribution < 1.29 is 19.1 Å². The van der Waals surface area contributed by atoms with Crippen molar-refractivity contribution in [1.82, 2.24) is 40.2 Å². The SMILES string of the molecule is CCCCc1nc2c(C)nc3ccccc3c2n1Cc1ccc(CNC(=O)OCc2ccc(SSC(C)CNC(=O)Cn3cc(CCC(=O)CC(C)(C)C)nn3)cc2)cc1. The normalized spacial score (nSPS) is 12.2. The van der Waals surface area contributed by atoms with Crippen molar-refractivity contribution in [1.29, 1.82) is 0 Å². The molecule has 0 aliphatic heterocycles. The van der Waals surface area contributed by atoms with Gasteiger partial charge in [0.15, 0.2) is 0 Å². The molecular formula is C46H56N8O4S2. The number of amides is 2. The molecule has 0 fully saturated rings. The zero-order valence-corrected chi connectivity index (χ0v) is 37.1. The number of nitrogens with one attached hydrogen (secondary N) is 2. The molecule has 6 aromatic rings. The highest BCUT2D eigenvalue weighted by Gasteiger charge is 2.18. The van der Waals surface area contributed by atoms with Gasteiger partial charge in [0, 0.05) is 60.6 Å². The number of aryl methyl sites for hydroxylation is 3. The smallest absolute Gasteiger partial charge is 0.407 e. The van der Waals surface area contributed by atoms with Crippen molar-refractivity contribution in [2.24, 2.45) is 5.41 Å². The Balaban J connectivity index is 0.893. The molecule has 316 valence electrons. The topological polar surface area (TPSA) is 146 Å². The maximum Gasteiger partial charge on any atom is 0.407 e. The molecule has 0 aliphatic carbocycles. The third-order valence-electron chi connectivity index (χ3n) is 9.86. The van der Waals surface area contributed by atoms with Crippen LogP contribution in [0.5, 0.6) is 0 Å². The molecular weight excluding hydrogens is 793 g/mol. The summed E-state index contributed by atoms with van der Waals surface area (Å²) < 4.78 is 9.36. The molecule has 3 aromatic heterocycles. The number of unbranched alkanes of at least 4 members (excludes halogenated alkanes) is 1.